The van der Waals surface area contributed by atoms with Gasteiger partial charge in [0.2, 0.25) is 0 Å². The van der Waals surface area contributed by atoms with Gasteiger partial charge in [-0.15, -0.1) is 0 Å². The second-order valence-electron chi connectivity index (χ2n) is 9.62. The maximum absolute atomic E-state index is 5.07. The summed E-state index contributed by atoms with van der Waals surface area (Å²) in [7, 11) is 0. The minimum Gasteiger partial charge on any atom is -0.309 e. The molecule has 0 spiro atoms. The first-order valence-electron chi connectivity index (χ1n) is 12.9. The van der Waals surface area contributed by atoms with E-state index in [-0.39, 0.29) is 0 Å². The number of aromatic nitrogens is 3. The highest BCUT2D eigenvalue weighted by molar-refractivity contribution is 6.09. The minimum absolute atomic E-state index is 0.718. The molecule has 7 rings (SSSR count). The van der Waals surface area contributed by atoms with Crippen LogP contribution in [0, 0.1) is 6.92 Å². The van der Waals surface area contributed by atoms with Gasteiger partial charge in [-0.1, -0.05) is 97.1 Å². The van der Waals surface area contributed by atoms with Crippen LogP contribution in [0.5, 0.6) is 0 Å². The van der Waals surface area contributed by atoms with Crippen molar-refractivity contribution in [2.24, 2.45) is 0 Å². The molecule has 0 aliphatic heterocycles. The van der Waals surface area contributed by atoms with Gasteiger partial charge in [0.1, 0.15) is 0 Å². The van der Waals surface area contributed by atoms with Crippen LogP contribution in [-0.4, -0.2) is 14.5 Å². The monoisotopic (exact) mass is 487 g/mol. The van der Waals surface area contributed by atoms with E-state index in [1.807, 2.05) is 36.4 Å². The van der Waals surface area contributed by atoms with Gasteiger partial charge >= 0.3 is 0 Å². The first-order valence-corrected chi connectivity index (χ1v) is 12.9. The van der Waals surface area contributed by atoms with Crippen LogP contribution in [0.2, 0.25) is 0 Å². The molecular weight excluding hydrogens is 462 g/mol. The number of nitrogens with zero attached hydrogens (tertiary/aromatic N) is 3. The molecule has 2 heterocycles. The largest absolute Gasteiger partial charge is 0.309 e. The highest BCUT2D eigenvalue weighted by Gasteiger charge is 2.15. The molecule has 0 bridgehead atoms. The van der Waals surface area contributed by atoms with Crippen LogP contribution in [0.4, 0.5) is 0 Å². The lowest BCUT2D eigenvalue weighted by Crippen LogP contribution is -1.99. The smallest absolute Gasteiger partial charge is 0.160 e. The summed E-state index contributed by atoms with van der Waals surface area (Å²) in [6.45, 7) is 2.14. The average Bonchev–Trinajstić information content (AvgIpc) is 3.32. The van der Waals surface area contributed by atoms with Gasteiger partial charge in [0, 0.05) is 33.2 Å². The molecule has 7 aromatic rings. The summed E-state index contributed by atoms with van der Waals surface area (Å²) < 4.78 is 2.35. The van der Waals surface area contributed by atoms with Crippen LogP contribution in [0.15, 0.2) is 133 Å². The van der Waals surface area contributed by atoms with E-state index in [4.69, 9.17) is 9.97 Å². The molecule has 0 radical (unpaired) electrons. The van der Waals surface area contributed by atoms with Gasteiger partial charge in [-0.3, -0.25) is 0 Å². The molecule has 38 heavy (non-hydrogen) atoms. The van der Waals surface area contributed by atoms with E-state index in [0.717, 1.165) is 45.2 Å². The molecule has 0 saturated carbocycles. The highest BCUT2D eigenvalue weighted by atomic mass is 15.0. The van der Waals surface area contributed by atoms with Crippen LogP contribution in [0.1, 0.15) is 5.56 Å². The van der Waals surface area contributed by atoms with Gasteiger partial charge < -0.3 is 4.57 Å². The maximum atomic E-state index is 5.07. The number of fused-ring (bicyclic) bond motifs is 3. The lowest BCUT2D eigenvalue weighted by molar-refractivity contribution is 1.15. The molecule has 0 amide bonds. The summed E-state index contributed by atoms with van der Waals surface area (Å²) in [5.41, 5.74) is 9.61. The Hall–Kier alpha value is -5.02. The molecule has 0 atom stereocenters. The van der Waals surface area contributed by atoms with Crippen molar-refractivity contribution in [3.63, 3.8) is 0 Å². The summed E-state index contributed by atoms with van der Waals surface area (Å²) in [5, 5.41) is 2.50. The summed E-state index contributed by atoms with van der Waals surface area (Å²) in [6.07, 6.45) is 0. The van der Waals surface area contributed by atoms with Crippen molar-refractivity contribution in [3.05, 3.63) is 139 Å². The average molecular weight is 488 g/mol. The zero-order chi connectivity index (χ0) is 25.5. The van der Waals surface area contributed by atoms with Crippen LogP contribution < -0.4 is 0 Å². The molecule has 3 heteroatoms. The van der Waals surface area contributed by atoms with E-state index in [2.05, 4.69) is 109 Å². The van der Waals surface area contributed by atoms with E-state index >= 15 is 0 Å². The van der Waals surface area contributed by atoms with Crippen LogP contribution >= 0.6 is 0 Å². The Balaban J connectivity index is 1.46. The van der Waals surface area contributed by atoms with Crippen molar-refractivity contribution in [1.29, 1.82) is 0 Å². The Bertz CT molecular complexity index is 1810. The van der Waals surface area contributed by atoms with Gasteiger partial charge in [-0.05, 0) is 48.9 Å². The molecule has 0 fully saturated rings. The minimum atomic E-state index is 0.718. The molecule has 180 valence electrons. The predicted molar refractivity (Wildman–Crippen MR) is 157 cm³/mol. The third-order valence-corrected chi connectivity index (χ3v) is 7.02. The molecule has 2 aromatic heterocycles. The van der Waals surface area contributed by atoms with Gasteiger partial charge in [-0.2, -0.15) is 0 Å². The molecule has 5 aromatic carbocycles. The molecule has 0 aliphatic carbocycles. The van der Waals surface area contributed by atoms with Crippen molar-refractivity contribution in [2.75, 3.05) is 0 Å². The topological polar surface area (TPSA) is 30.7 Å². The Kier molecular flexibility index (Phi) is 5.33. The zero-order valence-electron chi connectivity index (χ0n) is 21.0. The lowest BCUT2D eigenvalue weighted by Gasteiger charge is -2.13. The van der Waals surface area contributed by atoms with E-state index < -0.39 is 0 Å². The number of para-hydroxylation sites is 2. The second kappa shape index (κ2) is 9.13. The fraction of sp³-hybridized carbons (Fsp3) is 0.0286. The Morgan fingerprint density at radius 3 is 1.53 bits per heavy atom. The molecule has 0 saturated heterocycles. The summed E-state index contributed by atoms with van der Waals surface area (Å²) >= 11 is 0. The van der Waals surface area contributed by atoms with Gasteiger partial charge in [-0.25, -0.2) is 9.97 Å². The number of hydrogen-bond donors (Lipinski definition) is 0. The van der Waals surface area contributed by atoms with Crippen molar-refractivity contribution < 1.29 is 0 Å². The van der Waals surface area contributed by atoms with E-state index in [1.54, 1.807) is 0 Å². The van der Waals surface area contributed by atoms with Crippen LogP contribution in [-0.2, 0) is 0 Å². The zero-order valence-corrected chi connectivity index (χ0v) is 21.0. The normalized spacial score (nSPS) is 11.3. The van der Waals surface area contributed by atoms with E-state index in [0.29, 0.717) is 0 Å². The first-order chi connectivity index (χ1) is 18.7. The number of hydrogen-bond acceptors (Lipinski definition) is 2. The Morgan fingerprint density at radius 1 is 0.474 bits per heavy atom. The van der Waals surface area contributed by atoms with Gasteiger partial charge in [0.25, 0.3) is 0 Å². The third-order valence-electron chi connectivity index (χ3n) is 7.02. The predicted octanol–water partition coefficient (Wildman–Crippen LogP) is 8.88. The molecule has 0 aliphatic rings. The Morgan fingerprint density at radius 2 is 0.974 bits per heavy atom. The summed E-state index contributed by atoms with van der Waals surface area (Å²) in [6, 6.07) is 46.6. The van der Waals surface area contributed by atoms with Crippen LogP contribution in [0.3, 0.4) is 0 Å². The van der Waals surface area contributed by atoms with E-state index in [9.17, 15) is 0 Å². The molecular formula is C35H25N3. The first kappa shape index (κ1) is 22.2. The van der Waals surface area contributed by atoms with Gasteiger partial charge in [0.15, 0.2) is 5.82 Å². The van der Waals surface area contributed by atoms with Crippen molar-refractivity contribution in [1.82, 2.24) is 14.5 Å². The fourth-order valence-electron chi connectivity index (χ4n) is 5.31. The van der Waals surface area contributed by atoms with Crippen LogP contribution in [0.25, 0.3) is 61.4 Å². The number of rotatable bonds is 4. The summed E-state index contributed by atoms with van der Waals surface area (Å²) in [4.78, 5) is 10.1. The number of aryl methyl sites for hydroxylation is 1. The third kappa shape index (κ3) is 3.86. The van der Waals surface area contributed by atoms with E-state index in [1.165, 1.54) is 21.8 Å². The summed E-state index contributed by atoms with van der Waals surface area (Å²) in [5.74, 6) is 0.718. The maximum Gasteiger partial charge on any atom is 0.160 e. The Labute approximate surface area is 221 Å². The van der Waals surface area contributed by atoms with Crippen molar-refractivity contribution >= 4 is 21.8 Å². The van der Waals surface area contributed by atoms with Gasteiger partial charge in [0.05, 0.1) is 22.4 Å². The van der Waals surface area contributed by atoms with Crippen molar-refractivity contribution in [2.45, 2.75) is 6.92 Å². The highest BCUT2D eigenvalue weighted by Crippen LogP contribution is 2.34. The fourth-order valence-corrected chi connectivity index (χ4v) is 5.31. The SMILES string of the molecule is Cc1cc(-c2nc(-c3ccccc3)cc(-c3ccccc3)n2)cc(-n2c3ccccc3c3ccccc32)c1. The second-order valence-corrected chi connectivity index (χ2v) is 9.62. The molecule has 0 unspecified atom stereocenters. The quantitative estimate of drug-likeness (QED) is 0.248. The number of benzene rings is 5. The molecule has 3 nitrogen and oxygen atoms in total. The standard InChI is InChI=1S/C35H25N3/c1-24-20-27(22-28(21-24)38-33-18-10-8-16-29(33)30-17-9-11-19-34(30)38)35-36-31(25-12-4-2-5-13-25)23-32(37-35)26-14-6-3-7-15-26/h2-23H,1H3. The van der Waals surface area contributed by atoms with Crippen molar-refractivity contribution in [3.8, 4) is 39.6 Å². The lowest BCUT2D eigenvalue weighted by atomic mass is 10.1. The molecule has 0 N–H and O–H groups in total.